The average Bonchev–Trinajstić information content (AvgIpc) is 2.65. The van der Waals surface area contributed by atoms with E-state index in [9.17, 15) is 18.3 Å². The van der Waals surface area contributed by atoms with Crippen LogP contribution in [0.15, 0.2) is 24.3 Å². The Balaban J connectivity index is 1.95. The number of carbonyl (C=O) groups excluding carboxylic acids is 1. The van der Waals surface area contributed by atoms with E-state index >= 15 is 0 Å². The number of rotatable bonds is 4. The van der Waals surface area contributed by atoms with Gasteiger partial charge in [0, 0.05) is 0 Å². The van der Waals surface area contributed by atoms with E-state index in [0.29, 0.717) is 10.7 Å². The number of benzene rings is 1. The summed E-state index contributed by atoms with van der Waals surface area (Å²) in [6.45, 7) is -0.0253. The fraction of sp³-hybridized carbons (Fsp3) is 0.462. The predicted molar refractivity (Wildman–Crippen MR) is 81.2 cm³/mol. The van der Waals surface area contributed by atoms with Gasteiger partial charge in [0.25, 0.3) is 0 Å². The van der Waals surface area contributed by atoms with Crippen molar-refractivity contribution in [3.05, 3.63) is 29.3 Å². The van der Waals surface area contributed by atoms with Crippen molar-refractivity contribution in [3.8, 4) is 0 Å². The fourth-order valence-electron chi connectivity index (χ4n) is 2.33. The number of nitrogens with zero attached hydrogens (tertiary/aromatic N) is 1. The molecule has 6 nitrogen and oxygen atoms in total. The van der Waals surface area contributed by atoms with E-state index in [1.165, 1.54) is 0 Å². The van der Waals surface area contributed by atoms with E-state index < -0.39 is 22.0 Å². The first-order valence-corrected chi connectivity index (χ1v) is 8.61. The molecule has 1 aromatic rings. The van der Waals surface area contributed by atoms with Gasteiger partial charge < -0.3 is 10.4 Å². The summed E-state index contributed by atoms with van der Waals surface area (Å²) in [4.78, 5) is 13.5. The van der Waals surface area contributed by atoms with Crippen LogP contribution < -0.4 is 5.32 Å². The molecule has 21 heavy (non-hydrogen) atoms. The van der Waals surface area contributed by atoms with Gasteiger partial charge in [0.05, 0.1) is 40.9 Å². The lowest BCUT2D eigenvalue weighted by Crippen LogP contribution is -2.44. The maximum absolute atomic E-state index is 12.0. The minimum absolute atomic E-state index is 0.0253. The predicted octanol–water partition coefficient (Wildman–Crippen LogP) is 0.368. The number of aliphatic hydroxyl groups is 1. The Labute approximate surface area is 128 Å². The van der Waals surface area contributed by atoms with E-state index in [0.717, 1.165) is 0 Å². The number of likely N-dealkylation sites (N-methyl/N-ethyl adjacent to an activating group) is 1. The van der Waals surface area contributed by atoms with Gasteiger partial charge in [-0.2, -0.15) is 0 Å². The van der Waals surface area contributed by atoms with Crippen LogP contribution in [0.1, 0.15) is 0 Å². The molecule has 0 aliphatic carbocycles. The standard InChI is InChI=1S/C13H17ClN2O4S/c1-16(11-7-21(19,20)8-12(11)17)6-13(18)15-10-5-3-2-4-9(10)14/h2-5,11-12,17H,6-8H2,1H3,(H,15,18). The fourth-order valence-corrected chi connectivity index (χ4v) is 4.39. The van der Waals surface area contributed by atoms with Crippen LogP contribution in [0.25, 0.3) is 0 Å². The second-order valence-electron chi connectivity index (χ2n) is 5.15. The van der Waals surface area contributed by atoms with Crippen molar-refractivity contribution in [1.82, 2.24) is 4.90 Å². The van der Waals surface area contributed by atoms with Crippen LogP contribution >= 0.6 is 11.6 Å². The summed E-state index contributed by atoms with van der Waals surface area (Å²) in [7, 11) is -1.62. The van der Waals surface area contributed by atoms with Gasteiger partial charge >= 0.3 is 0 Å². The molecular formula is C13H17ClN2O4S. The van der Waals surface area contributed by atoms with Crippen molar-refractivity contribution >= 4 is 33.0 Å². The average molecular weight is 333 g/mol. The number of anilines is 1. The third-order valence-corrected chi connectivity index (χ3v) is 5.43. The molecule has 116 valence electrons. The van der Waals surface area contributed by atoms with E-state index in [4.69, 9.17) is 11.6 Å². The van der Waals surface area contributed by atoms with Crippen LogP contribution in [0.2, 0.25) is 5.02 Å². The summed E-state index contributed by atoms with van der Waals surface area (Å²) in [5.41, 5.74) is 0.497. The molecule has 1 amide bonds. The highest BCUT2D eigenvalue weighted by Crippen LogP contribution is 2.21. The van der Waals surface area contributed by atoms with Crippen molar-refractivity contribution in [1.29, 1.82) is 0 Å². The van der Waals surface area contributed by atoms with Gasteiger partial charge in [-0.05, 0) is 19.2 Å². The molecule has 0 bridgehead atoms. The molecule has 1 heterocycles. The molecular weight excluding hydrogens is 316 g/mol. The first kappa shape index (κ1) is 16.2. The van der Waals surface area contributed by atoms with Gasteiger partial charge in [-0.1, -0.05) is 23.7 Å². The molecule has 1 saturated heterocycles. The number of halogens is 1. The highest BCUT2D eigenvalue weighted by Gasteiger charge is 2.39. The molecule has 2 unspecified atom stereocenters. The van der Waals surface area contributed by atoms with Gasteiger partial charge in [0.1, 0.15) is 0 Å². The van der Waals surface area contributed by atoms with E-state index in [2.05, 4.69) is 5.32 Å². The van der Waals surface area contributed by atoms with Crippen LogP contribution in [0, 0.1) is 0 Å². The van der Waals surface area contributed by atoms with Crippen LogP contribution in [-0.2, 0) is 14.6 Å². The van der Waals surface area contributed by atoms with Crippen LogP contribution in [0.3, 0.4) is 0 Å². The Morgan fingerprint density at radius 3 is 2.67 bits per heavy atom. The van der Waals surface area contributed by atoms with Gasteiger partial charge in [0.15, 0.2) is 9.84 Å². The molecule has 1 fully saturated rings. The number of sulfone groups is 1. The maximum atomic E-state index is 12.0. The number of carbonyl (C=O) groups is 1. The Kier molecular flexibility index (Phi) is 4.88. The highest BCUT2D eigenvalue weighted by atomic mass is 35.5. The zero-order valence-electron chi connectivity index (χ0n) is 11.5. The maximum Gasteiger partial charge on any atom is 0.238 e. The molecule has 0 radical (unpaired) electrons. The SMILES string of the molecule is CN(CC(=O)Nc1ccccc1Cl)C1CS(=O)(=O)CC1O. The van der Waals surface area contributed by atoms with Crippen LogP contribution in [0.5, 0.6) is 0 Å². The van der Waals surface area contributed by atoms with Crippen molar-refractivity contribution < 1.29 is 18.3 Å². The Morgan fingerprint density at radius 1 is 1.43 bits per heavy atom. The number of nitrogens with one attached hydrogen (secondary N) is 1. The van der Waals surface area contributed by atoms with Gasteiger partial charge in [-0.25, -0.2) is 8.42 Å². The normalized spacial score (nSPS) is 24.2. The second kappa shape index (κ2) is 6.31. The third-order valence-electron chi connectivity index (χ3n) is 3.40. The quantitative estimate of drug-likeness (QED) is 0.832. The molecule has 2 rings (SSSR count). The van der Waals surface area contributed by atoms with E-state index in [1.54, 1.807) is 36.2 Å². The number of hydrogen-bond acceptors (Lipinski definition) is 5. The molecule has 1 aromatic carbocycles. The minimum atomic E-state index is -3.24. The number of hydrogen-bond donors (Lipinski definition) is 2. The molecule has 2 N–H and O–H groups in total. The highest BCUT2D eigenvalue weighted by molar-refractivity contribution is 7.91. The molecule has 8 heteroatoms. The summed E-state index contributed by atoms with van der Waals surface area (Å²) >= 11 is 5.94. The zero-order chi connectivity index (χ0) is 15.6. The first-order chi connectivity index (χ1) is 9.78. The van der Waals surface area contributed by atoms with E-state index in [-0.39, 0.29) is 24.0 Å². The first-order valence-electron chi connectivity index (χ1n) is 6.41. The lowest BCUT2D eigenvalue weighted by molar-refractivity contribution is -0.117. The Hall–Kier alpha value is -1.15. The molecule has 1 aliphatic rings. The largest absolute Gasteiger partial charge is 0.390 e. The minimum Gasteiger partial charge on any atom is -0.390 e. The molecule has 2 atom stereocenters. The molecule has 0 aromatic heterocycles. The monoisotopic (exact) mass is 332 g/mol. The molecule has 0 spiro atoms. The summed E-state index contributed by atoms with van der Waals surface area (Å²) in [6, 6.07) is 6.28. The number of amides is 1. The van der Waals surface area contributed by atoms with E-state index in [1.807, 2.05) is 0 Å². The number of aliphatic hydroxyl groups excluding tert-OH is 1. The summed E-state index contributed by atoms with van der Waals surface area (Å²) in [6.07, 6.45) is -0.965. The van der Waals surface area contributed by atoms with Gasteiger partial charge in [0.2, 0.25) is 5.91 Å². The Bertz CT molecular complexity index is 635. The van der Waals surface area contributed by atoms with Crippen molar-refractivity contribution in [3.63, 3.8) is 0 Å². The number of para-hydroxylation sites is 1. The molecule has 1 aliphatic heterocycles. The smallest absolute Gasteiger partial charge is 0.238 e. The molecule has 0 saturated carbocycles. The second-order valence-corrected chi connectivity index (χ2v) is 7.72. The third kappa shape index (κ3) is 4.16. The van der Waals surface area contributed by atoms with Gasteiger partial charge in [-0.15, -0.1) is 0 Å². The van der Waals surface area contributed by atoms with Crippen molar-refractivity contribution in [2.24, 2.45) is 0 Å². The lowest BCUT2D eigenvalue weighted by atomic mass is 10.2. The lowest BCUT2D eigenvalue weighted by Gasteiger charge is -2.25. The summed E-state index contributed by atoms with van der Waals surface area (Å²) < 4.78 is 22.9. The van der Waals surface area contributed by atoms with Crippen LogP contribution in [-0.4, -0.2) is 61.6 Å². The van der Waals surface area contributed by atoms with Crippen molar-refractivity contribution in [2.45, 2.75) is 12.1 Å². The van der Waals surface area contributed by atoms with Gasteiger partial charge in [-0.3, -0.25) is 9.69 Å². The zero-order valence-corrected chi connectivity index (χ0v) is 13.1. The summed E-state index contributed by atoms with van der Waals surface area (Å²) in [5, 5.41) is 12.9. The van der Waals surface area contributed by atoms with Crippen molar-refractivity contribution in [2.75, 3.05) is 30.4 Å². The Morgan fingerprint density at radius 2 is 2.10 bits per heavy atom. The topological polar surface area (TPSA) is 86.7 Å². The van der Waals surface area contributed by atoms with Crippen LogP contribution in [0.4, 0.5) is 5.69 Å². The summed E-state index contributed by atoms with van der Waals surface area (Å²) in [5.74, 6) is -0.708.